The average molecular weight is 204 g/mol. The Balaban J connectivity index is 1.97. The molecule has 1 saturated carbocycles. The van der Waals surface area contributed by atoms with Gasteiger partial charge in [0.1, 0.15) is 12.2 Å². The van der Waals surface area contributed by atoms with Gasteiger partial charge in [0.05, 0.1) is 0 Å². The van der Waals surface area contributed by atoms with Crippen LogP contribution in [0.3, 0.4) is 0 Å². The van der Waals surface area contributed by atoms with Crippen LogP contribution in [-0.2, 0) is 0 Å². The van der Waals surface area contributed by atoms with Crippen molar-refractivity contribution >= 4 is 0 Å². The Morgan fingerprint density at radius 3 is 2.87 bits per heavy atom. The highest BCUT2D eigenvalue weighted by Crippen LogP contribution is 2.30. The van der Waals surface area contributed by atoms with Crippen LogP contribution in [0.4, 0.5) is 0 Å². The molecule has 5 nitrogen and oxygen atoms in total. The van der Waals surface area contributed by atoms with E-state index in [-0.39, 0.29) is 11.8 Å². The molecule has 2 N–H and O–H groups in total. The van der Waals surface area contributed by atoms with Crippen LogP contribution in [0.2, 0.25) is 0 Å². The van der Waals surface area contributed by atoms with Crippen molar-refractivity contribution in [2.24, 2.45) is 11.7 Å². The first kappa shape index (κ1) is 9.87. The third-order valence-corrected chi connectivity index (χ3v) is 2.57. The zero-order valence-electron chi connectivity index (χ0n) is 8.26. The van der Waals surface area contributed by atoms with Crippen molar-refractivity contribution in [2.45, 2.75) is 18.9 Å². The van der Waals surface area contributed by atoms with Crippen LogP contribution in [0, 0.1) is 17.2 Å². The summed E-state index contributed by atoms with van der Waals surface area (Å²) in [7, 11) is 0. The molecule has 0 aromatic carbocycles. The van der Waals surface area contributed by atoms with Crippen molar-refractivity contribution in [3.8, 4) is 11.9 Å². The number of rotatable bonds is 3. The SMILES string of the molecule is N#Cc1nccnc1OC1CC(CN)C1. The Labute approximate surface area is 87.9 Å². The molecule has 0 radical (unpaired) electrons. The molecule has 0 bridgehead atoms. The van der Waals surface area contributed by atoms with Gasteiger partial charge in [0.15, 0.2) is 0 Å². The normalized spacial score (nSPS) is 24.0. The van der Waals surface area contributed by atoms with E-state index in [4.69, 9.17) is 15.7 Å². The van der Waals surface area contributed by atoms with E-state index in [0.29, 0.717) is 18.3 Å². The van der Waals surface area contributed by atoms with Gasteiger partial charge >= 0.3 is 0 Å². The van der Waals surface area contributed by atoms with Crippen LogP contribution < -0.4 is 10.5 Å². The predicted octanol–water partition coefficient (Wildman–Crippen LogP) is 0.464. The molecule has 0 saturated heterocycles. The largest absolute Gasteiger partial charge is 0.472 e. The second-order valence-electron chi connectivity index (χ2n) is 3.63. The summed E-state index contributed by atoms with van der Waals surface area (Å²) in [6.07, 6.45) is 5.03. The number of ether oxygens (including phenoxy) is 1. The first-order chi connectivity index (χ1) is 7.33. The van der Waals surface area contributed by atoms with Gasteiger partial charge in [0, 0.05) is 12.4 Å². The number of hydrogen-bond donors (Lipinski definition) is 1. The van der Waals surface area contributed by atoms with Gasteiger partial charge in [-0.2, -0.15) is 5.26 Å². The molecule has 0 aliphatic heterocycles. The third kappa shape index (κ3) is 2.05. The first-order valence-electron chi connectivity index (χ1n) is 4.91. The minimum atomic E-state index is 0.141. The fourth-order valence-corrected chi connectivity index (χ4v) is 1.61. The minimum absolute atomic E-state index is 0.141. The van der Waals surface area contributed by atoms with Gasteiger partial charge in [0.2, 0.25) is 5.69 Å². The van der Waals surface area contributed by atoms with Crippen molar-refractivity contribution in [3.63, 3.8) is 0 Å². The number of hydrogen-bond acceptors (Lipinski definition) is 5. The van der Waals surface area contributed by atoms with Crippen molar-refractivity contribution in [2.75, 3.05) is 6.54 Å². The maximum Gasteiger partial charge on any atom is 0.251 e. The van der Waals surface area contributed by atoms with E-state index in [0.717, 1.165) is 12.8 Å². The standard InChI is InChI=1S/C10H12N4O/c11-5-7-3-8(4-7)15-10-9(6-12)13-1-2-14-10/h1-2,7-8H,3-5,11H2. The van der Waals surface area contributed by atoms with Crippen molar-refractivity contribution in [1.82, 2.24) is 9.97 Å². The summed E-state index contributed by atoms with van der Waals surface area (Å²) >= 11 is 0. The van der Waals surface area contributed by atoms with Gasteiger partial charge in [-0.1, -0.05) is 0 Å². The lowest BCUT2D eigenvalue weighted by Crippen LogP contribution is -2.38. The fraction of sp³-hybridized carbons (Fsp3) is 0.500. The van der Waals surface area contributed by atoms with Crippen molar-refractivity contribution < 1.29 is 4.74 Å². The number of nitrogens with two attached hydrogens (primary N) is 1. The Kier molecular flexibility index (Phi) is 2.79. The zero-order chi connectivity index (χ0) is 10.7. The molecular weight excluding hydrogens is 192 g/mol. The van der Waals surface area contributed by atoms with Crippen molar-refractivity contribution in [1.29, 1.82) is 5.26 Å². The summed E-state index contributed by atoms with van der Waals surface area (Å²) in [5.74, 6) is 0.887. The summed E-state index contributed by atoms with van der Waals surface area (Å²) in [6, 6.07) is 1.95. The second kappa shape index (κ2) is 4.24. The van der Waals surface area contributed by atoms with E-state index in [9.17, 15) is 0 Å². The molecular formula is C10H12N4O. The summed E-state index contributed by atoms with van der Waals surface area (Å²) < 4.78 is 5.55. The maximum absolute atomic E-state index is 8.77. The smallest absolute Gasteiger partial charge is 0.251 e. The molecule has 78 valence electrons. The van der Waals surface area contributed by atoms with Crippen LogP contribution in [0.5, 0.6) is 5.88 Å². The lowest BCUT2D eigenvalue weighted by Gasteiger charge is -2.33. The third-order valence-electron chi connectivity index (χ3n) is 2.57. The molecule has 1 heterocycles. The highest BCUT2D eigenvalue weighted by atomic mass is 16.5. The molecule has 15 heavy (non-hydrogen) atoms. The van der Waals surface area contributed by atoms with Gasteiger partial charge < -0.3 is 10.5 Å². The first-order valence-corrected chi connectivity index (χ1v) is 4.91. The van der Waals surface area contributed by atoms with E-state index in [1.807, 2.05) is 6.07 Å². The highest BCUT2D eigenvalue weighted by Gasteiger charge is 2.30. The van der Waals surface area contributed by atoms with E-state index in [1.165, 1.54) is 12.4 Å². The van der Waals surface area contributed by atoms with Crippen LogP contribution >= 0.6 is 0 Å². The molecule has 0 unspecified atom stereocenters. The van der Waals surface area contributed by atoms with E-state index >= 15 is 0 Å². The molecule has 0 atom stereocenters. The van der Waals surface area contributed by atoms with Gasteiger partial charge in [-0.15, -0.1) is 0 Å². The Morgan fingerprint density at radius 1 is 1.47 bits per heavy atom. The lowest BCUT2D eigenvalue weighted by atomic mass is 9.82. The van der Waals surface area contributed by atoms with Gasteiger partial charge in [-0.05, 0) is 25.3 Å². The van der Waals surface area contributed by atoms with Crippen LogP contribution in [-0.4, -0.2) is 22.6 Å². The molecule has 0 amide bonds. The van der Waals surface area contributed by atoms with Crippen molar-refractivity contribution in [3.05, 3.63) is 18.1 Å². The molecule has 5 heteroatoms. The van der Waals surface area contributed by atoms with Gasteiger partial charge in [0.25, 0.3) is 5.88 Å². The maximum atomic E-state index is 8.77. The molecule has 1 fully saturated rings. The van der Waals surface area contributed by atoms with Crippen LogP contribution in [0.25, 0.3) is 0 Å². The number of nitriles is 1. The van der Waals surface area contributed by atoms with Gasteiger partial charge in [-0.3, -0.25) is 0 Å². The topological polar surface area (TPSA) is 84.8 Å². The monoisotopic (exact) mass is 204 g/mol. The Hall–Kier alpha value is -1.67. The molecule has 1 aliphatic carbocycles. The summed E-state index contributed by atoms with van der Waals surface area (Å²) in [6.45, 7) is 0.700. The Bertz CT molecular complexity index is 381. The zero-order valence-corrected chi connectivity index (χ0v) is 8.26. The number of nitrogens with zero attached hydrogens (tertiary/aromatic N) is 3. The summed E-state index contributed by atoms with van der Waals surface area (Å²) in [4.78, 5) is 7.86. The fourth-order valence-electron chi connectivity index (χ4n) is 1.61. The quantitative estimate of drug-likeness (QED) is 0.773. The lowest BCUT2D eigenvalue weighted by molar-refractivity contribution is 0.0641. The predicted molar refractivity (Wildman–Crippen MR) is 52.9 cm³/mol. The highest BCUT2D eigenvalue weighted by molar-refractivity contribution is 5.30. The molecule has 1 aromatic heterocycles. The summed E-state index contributed by atoms with van der Waals surface area (Å²) in [5.41, 5.74) is 5.75. The van der Waals surface area contributed by atoms with E-state index < -0.39 is 0 Å². The second-order valence-corrected chi connectivity index (χ2v) is 3.63. The number of aromatic nitrogens is 2. The summed E-state index contributed by atoms with van der Waals surface area (Å²) in [5, 5.41) is 8.77. The molecule has 1 aromatic rings. The van der Waals surface area contributed by atoms with Gasteiger partial charge in [-0.25, -0.2) is 9.97 Å². The molecule has 2 rings (SSSR count). The minimum Gasteiger partial charge on any atom is -0.472 e. The molecule has 0 spiro atoms. The van der Waals surface area contributed by atoms with E-state index in [1.54, 1.807) is 0 Å². The van der Waals surface area contributed by atoms with Crippen LogP contribution in [0.15, 0.2) is 12.4 Å². The van der Waals surface area contributed by atoms with Crippen LogP contribution in [0.1, 0.15) is 18.5 Å². The van der Waals surface area contributed by atoms with E-state index in [2.05, 4.69) is 9.97 Å². The average Bonchev–Trinajstić information content (AvgIpc) is 2.23. The Morgan fingerprint density at radius 2 is 2.20 bits per heavy atom. The molecule has 1 aliphatic rings.